The van der Waals surface area contributed by atoms with Gasteiger partial charge in [0.1, 0.15) is 6.10 Å². The van der Waals surface area contributed by atoms with Gasteiger partial charge in [0.05, 0.1) is 26.2 Å². The highest BCUT2D eigenvalue weighted by atomic mass is 35.5. The Bertz CT molecular complexity index is 1260. The van der Waals surface area contributed by atoms with Crippen LogP contribution in [0.5, 0.6) is 6.01 Å². The Morgan fingerprint density at radius 2 is 2.00 bits per heavy atom. The maximum atomic E-state index is 13.1. The first-order valence-corrected chi connectivity index (χ1v) is 10.1. The molecule has 0 amide bonds. The zero-order chi connectivity index (χ0) is 22.1. The van der Waals surface area contributed by atoms with Crippen LogP contribution >= 0.6 is 11.6 Å². The Balaban J connectivity index is 1.83. The lowest BCUT2D eigenvalue weighted by Crippen LogP contribution is -2.40. The Morgan fingerprint density at radius 1 is 1.26 bits per heavy atom. The van der Waals surface area contributed by atoms with Crippen molar-refractivity contribution < 1.29 is 14.6 Å². The second-order valence-corrected chi connectivity index (χ2v) is 7.69. The van der Waals surface area contributed by atoms with Gasteiger partial charge in [-0.05, 0) is 24.6 Å². The molecule has 1 unspecified atom stereocenters. The minimum atomic E-state index is -0.563. The number of aliphatic imine (C=N–C) groups is 1. The SMILES string of the molecule is CC1CN=C(COc2nc3c(c(=O)n(CCO)c(=O)n3C)n2Cc2ccc(Cl)cc2)O1. The number of rotatable bonds is 7. The number of aliphatic hydroxyl groups is 1. The Morgan fingerprint density at radius 3 is 2.65 bits per heavy atom. The van der Waals surface area contributed by atoms with Gasteiger partial charge < -0.3 is 14.6 Å². The lowest BCUT2D eigenvalue weighted by Gasteiger charge is -2.11. The van der Waals surface area contributed by atoms with Crippen molar-refractivity contribution in [2.45, 2.75) is 26.1 Å². The molecule has 1 atom stereocenters. The third kappa shape index (κ3) is 4.08. The number of ether oxygens (including phenoxy) is 2. The molecule has 11 heteroatoms. The standard InChI is InChI=1S/C20H22ClN5O5/c1-12-9-22-15(31-12)11-30-19-23-17-16(18(28)25(7-8-27)20(29)24(17)2)26(19)10-13-3-5-14(21)6-4-13/h3-6,12,27H,7-11H2,1-2H3. The van der Waals surface area contributed by atoms with Crippen molar-refractivity contribution in [2.75, 3.05) is 19.8 Å². The zero-order valence-corrected chi connectivity index (χ0v) is 17.9. The molecule has 4 rings (SSSR count). The summed E-state index contributed by atoms with van der Waals surface area (Å²) in [5.41, 5.74) is 0.135. The maximum absolute atomic E-state index is 13.1. The molecule has 0 radical (unpaired) electrons. The molecular weight excluding hydrogens is 426 g/mol. The number of aliphatic hydroxyl groups excluding tert-OH is 1. The molecule has 0 bridgehead atoms. The van der Waals surface area contributed by atoms with Crippen LogP contribution in [0.3, 0.4) is 0 Å². The van der Waals surface area contributed by atoms with E-state index in [0.717, 1.165) is 10.1 Å². The van der Waals surface area contributed by atoms with E-state index in [1.807, 2.05) is 19.1 Å². The van der Waals surface area contributed by atoms with Crippen LogP contribution in [0, 0.1) is 0 Å². The third-order valence-electron chi connectivity index (χ3n) is 4.96. The van der Waals surface area contributed by atoms with Crippen molar-refractivity contribution in [1.29, 1.82) is 0 Å². The van der Waals surface area contributed by atoms with Crippen LogP contribution in [0.1, 0.15) is 12.5 Å². The van der Waals surface area contributed by atoms with Crippen molar-refractivity contribution in [1.82, 2.24) is 18.7 Å². The van der Waals surface area contributed by atoms with Crippen molar-refractivity contribution in [3.8, 4) is 6.01 Å². The molecule has 0 saturated carbocycles. The summed E-state index contributed by atoms with van der Waals surface area (Å²) < 4.78 is 15.3. The highest BCUT2D eigenvalue weighted by Crippen LogP contribution is 2.21. The molecule has 2 aromatic heterocycles. The minimum absolute atomic E-state index is 0.0157. The molecule has 31 heavy (non-hydrogen) atoms. The summed E-state index contributed by atoms with van der Waals surface area (Å²) in [7, 11) is 1.52. The normalized spacial score (nSPS) is 15.9. The first-order valence-electron chi connectivity index (χ1n) is 9.77. The molecule has 1 aromatic carbocycles. The van der Waals surface area contributed by atoms with E-state index in [1.165, 1.54) is 11.6 Å². The molecule has 0 fully saturated rings. The van der Waals surface area contributed by atoms with Crippen LogP contribution in [0.4, 0.5) is 0 Å². The molecule has 3 aromatic rings. The van der Waals surface area contributed by atoms with E-state index in [-0.39, 0.29) is 49.6 Å². The van der Waals surface area contributed by atoms with Gasteiger partial charge in [-0.2, -0.15) is 4.98 Å². The molecular formula is C20H22ClN5O5. The van der Waals surface area contributed by atoms with Crippen molar-refractivity contribution in [2.24, 2.45) is 12.0 Å². The smallest absolute Gasteiger partial charge is 0.332 e. The third-order valence-corrected chi connectivity index (χ3v) is 5.21. The molecule has 1 aliphatic heterocycles. The van der Waals surface area contributed by atoms with Gasteiger partial charge >= 0.3 is 5.69 Å². The molecule has 0 spiro atoms. The van der Waals surface area contributed by atoms with Crippen LogP contribution in [-0.4, -0.2) is 55.6 Å². The number of aromatic nitrogens is 4. The number of imidazole rings is 1. The topological polar surface area (TPSA) is 113 Å². The van der Waals surface area contributed by atoms with Gasteiger partial charge in [-0.1, -0.05) is 23.7 Å². The minimum Gasteiger partial charge on any atom is -0.474 e. The van der Waals surface area contributed by atoms with E-state index < -0.39 is 11.2 Å². The highest BCUT2D eigenvalue weighted by molar-refractivity contribution is 6.30. The number of halogens is 1. The lowest BCUT2D eigenvalue weighted by atomic mass is 10.2. The number of hydrogen-bond donors (Lipinski definition) is 1. The predicted molar refractivity (Wildman–Crippen MR) is 115 cm³/mol. The van der Waals surface area contributed by atoms with Crippen LogP contribution in [0.2, 0.25) is 5.02 Å². The van der Waals surface area contributed by atoms with Crippen LogP contribution in [-0.2, 0) is 24.9 Å². The number of aryl methyl sites for hydroxylation is 1. The fourth-order valence-electron chi connectivity index (χ4n) is 3.42. The van der Waals surface area contributed by atoms with Gasteiger partial charge in [-0.3, -0.25) is 18.5 Å². The molecule has 1 aliphatic rings. The summed E-state index contributed by atoms with van der Waals surface area (Å²) in [5.74, 6) is 0.448. The van der Waals surface area contributed by atoms with Gasteiger partial charge in [0.15, 0.2) is 17.8 Å². The quantitative estimate of drug-likeness (QED) is 0.573. The molecule has 0 saturated heterocycles. The van der Waals surface area contributed by atoms with Gasteiger partial charge in [-0.15, -0.1) is 0 Å². The van der Waals surface area contributed by atoms with Gasteiger partial charge in [-0.25, -0.2) is 9.79 Å². The molecule has 0 aliphatic carbocycles. The zero-order valence-electron chi connectivity index (χ0n) is 17.1. The average Bonchev–Trinajstić information content (AvgIpc) is 3.33. The van der Waals surface area contributed by atoms with Crippen LogP contribution in [0.15, 0.2) is 38.8 Å². The Hall–Kier alpha value is -3.11. The number of hydrogen-bond acceptors (Lipinski definition) is 7. The summed E-state index contributed by atoms with van der Waals surface area (Å²) in [6.45, 7) is 2.31. The lowest BCUT2D eigenvalue weighted by molar-refractivity contribution is 0.217. The van der Waals surface area contributed by atoms with E-state index in [1.54, 1.807) is 16.7 Å². The largest absolute Gasteiger partial charge is 0.474 e. The molecule has 1 N–H and O–H groups in total. The summed E-state index contributed by atoms with van der Waals surface area (Å²) >= 11 is 5.99. The van der Waals surface area contributed by atoms with E-state index in [9.17, 15) is 14.7 Å². The molecule has 3 heterocycles. The average molecular weight is 448 g/mol. The van der Waals surface area contributed by atoms with E-state index in [2.05, 4.69) is 9.98 Å². The Kier molecular flexibility index (Phi) is 5.84. The van der Waals surface area contributed by atoms with E-state index >= 15 is 0 Å². The van der Waals surface area contributed by atoms with Crippen LogP contribution < -0.4 is 16.0 Å². The first-order chi connectivity index (χ1) is 14.9. The number of fused-ring (bicyclic) bond motifs is 1. The fourth-order valence-corrected chi connectivity index (χ4v) is 3.55. The first kappa shape index (κ1) is 21.1. The van der Waals surface area contributed by atoms with Gasteiger partial charge in [0.2, 0.25) is 5.90 Å². The van der Waals surface area contributed by atoms with Crippen LogP contribution in [0.25, 0.3) is 11.2 Å². The molecule has 10 nitrogen and oxygen atoms in total. The van der Waals surface area contributed by atoms with Gasteiger partial charge in [0, 0.05) is 12.1 Å². The molecule has 164 valence electrons. The highest BCUT2D eigenvalue weighted by Gasteiger charge is 2.23. The van der Waals surface area contributed by atoms with Crippen molar-refractivity contribution in [3.05, 3.63) is 55.7 Å². The van der Waals surface area contributed by atoms with E-state index in [0.29, 0.717) is 17.5 Å². The second kappa shape index (κ2) is 8.56. The number of nitrogens with zero attached hydrogens (tertiary/aromatic N) is 5. The number of benzene rings is 1. The van der Waals surface area contributed by atoms with Crippen molar-refractivity contribution in [3.63, 3.8) is 0 Å². The second-order valence-electron chi connectivity index (χ2n) is 7.25. The maximum Gasteiger partial charge on any atom is 0.332 e. The predicted octanol–water partition coefficient (Wildman–Crippen LogP) is 0.787. The summed E-state index contributed by atoms with van der Waals surface area (Å²) in [4.78, 5) is 34.4. The van der Waals surface area contributed by atoms with Gasteiger partial charge in [0.25, 0.3) is 11.6 Å². The van der Waals surface area contributed by atoms with E-state index in [4.69, 9.17) is 21.1 Å². The Labute approximate surface area is 181 Å². The summed E-state index contributed by atoms with van der Waals surface area (Å²) in [6, 6.07) is 7.32. The van der Waals surface area contributed by atoms with Crippen molar-refractivity contribution >= 4 is 28.7 Å². The monoisotopic (exact) mass is 447 g/mol. The fraction of sp³-hybridized carbons (Fsp3) is 0.400. The summed E-state index contributed by atoms with van der Waals surface area (Å²) in [6.07, 6.45) is -0.0157. The summed E-state index contributed by atoms with van der Waals surface area (Å²) in [5, 5.41) is 9.89.